The van der Waals surface area contributed by atoms with Crippen LogP contribution in [0, 0.1) is 0 Å². The number of aliphatic carboxylic acids is 1. The fraction of sp³-hybridized carbons (Fsp3) is 0.500. The molecule has 2 rings (SSSR count). The summed E-state index contributed by atoms with van der Waals surface area (Å²) in [4.78, 5) is 41.1. The molecule has 0 fully saturated rings. The number of hydrogen-bond acceptors (Lipinski definition) is 7. The Balaban J connectivity index is 2.13. The Labute approximate surface area is 205 Å². The lowest BCUT2D eigenvalue weighted by Gasteiger charge is -2.36. The molecule has 1 amide bonds. The van der Waals surface area contributed by atoms with Gasteiger partial charge in [-0.05, 0) is 51.0 Å². The number of carboxylic acid groups (broad SMARTS) is 1. The number of carbonyl (C=O) groups excluding carboxylic acids is 2. The highest BCUT2D eigenvalue weighted by Crippen LogP contribution is 2.36. The van der Waals surface area contributed by atoms with Crippen molar-refractivity contribution in [1.29, 1.82) is 0 Å². The summed E-state index contributed by atoms with van der Waals surface area (Å²) < 4.78 is 11.4. The molecule has 2 aromatic rings. The van der Waals surface area contributed by atoms with Crippen molar-refractivity contribution in [2.45, 2.75) is 71.3 Å². The smallest absolute Gasteiger partial charge is 0.338 e. The van der Waals surface area contributed by atoms with Crippen molar-refractivity contribution in [2.24, 2.45) is 0 Å². The van der Waals surface area contributed by atoms with Gasteiger partial charge in [-0.2, -0.15) is 0 Å². The molecule has 1 atom stereocenters. The van der Waals surface area contributed by atoms with Crippen LogP contribution in [0.15, 0.2) is 29.6 Å². The van der Waals surface area contributed by atoms with Crippen molar-refractivity contribution in [2.75, 3.05) is 6.61 Å². The van der Waals surface area contributed by atoms with Crippen LogP contribution in [0.5, 0.6) is 0 Å². The minimum absolute atomic E-state index is 0.0856. The molecule has 0 spiro atoms. The van der Waals surface area contributed by atoms with E-state index in [1.807, 2.05) is 13.1 Å². The van der Waals surface area contributed by atoms with Crippen LogP contribution in [-0.2, 0) is 14.0 Å². The Morgan fingerprint density at radius 2 is 1.79 bits per heavy atom. The largest absolute Gasteiger partial charge is 0.480 e. The maximum absolute atomic E-state index is 12.7. The molecule has 0 saturated carbocycles. The lowest BCUT2D eigenvalue weighted by Crippen LogP contribution is -2.49. The van der Waals surface area contributed by atoms with Gasteiger partial charge in [-0.1, -0.05) is 32.9 Å². The summed E-state index contributed by atoms with van der Waals surface area (Å²) in [5, 5.41) is 14.1. The first kappa shape index (κ1) is 27.7. The second-order valence-corrected chi connectivity index (χ2v) is 16.2. The Morgan fingerprint density at radius 3 is 2.35 bits per heavy atom. The van der Waals surface area contributed by atoms with Crippen LogP contribution in [0.4, 0.5) is 0 Å². The highest BCUT2D eigenvalue weighted by atomic mass is 32.1. The SMILES string of the molecule is CC(C)(C)OC(=O)c1cccc(-c2nc(C(=O)NC(CO[Si](C)(C)C(C)(C)C)C(=O)O)cs2)c1. The van der Waals surface area contributed by atoms with Gasteiger partial charge in [-0.3, -0.25) is 4.79 Å². The first-order valence-electron chi connectivity index (χ1n) is 11.0. The van der Waals surface area contributed by atoms with E-state index in [-0.39, 0.29) is 17.3 Å². The van der Waals surface area contributed by atoms with Gasteiger partial charge in [-0.25, -0.2) is 14.6 Å². The summed E-state index contributed by atoms with van der Waals surface area (Å²) >= 11 is 1.23. The van der Waals surface area contributed by atoms with Gasteiger partial charge in [0.2, 0.25) is 0 Å². The van der Waals surface area contributed by atoms with Crippen molar-refractivity contribution in [3.05, 3.63) is 40.9 Å². The summed E-state index contributed by atoms with van der Waals surface area (Å²) in [7, 11) is -2.18. The first-order chi connectivity index (χ1) is 15.5. The van der Waals surface area contributed by atoms with Gasteiger partial charge in [0.25, 0.3) is 5.91 Å². The van der Waals surface area contributed by atoms with Crippen LogP contribution >= 0.6 is 11.3 Å². The van der Waals surface area contributed by atoms with Crippen molar-refractivity contribution in [3.63, 3.8) is 0 Å². The molecular formula is C24H34N2O6SSi. The average Bonchev–Trinajstić information content (AvgIpc) is 3.19. The molecule has 0 radical (unpaired) electrons. The van der Waals surface area contributed by atoms with E-state index in [9.17, 15) is 19.5 Å². The van der Waals surface area contributed by atoms with E-state index in [0.29, 0.717) is 16.1 Å². The number of hydrogen-bond donors (Lipinski definition) is 2. The number of amides is 1. The van der Waals surface area contributed by atoms with E-state index in [1.54, 1.807) is 50.4 Å². The minimum Gasteiger partial charge on any atom is -0.480 e. The predicted octanol–water partition coefficient (Wildman–Crippen LogP) is 4.97. The van der Waals surface area contributed by atoms with Gasteiger partial charge < -0.3 is 19.6 Å². The number of esters is 1. The van der Waals surface area contributed by atoms with Crippen molar-refractivity contribution in [3.8, 4) is 10.6 Å². The molecular weight excluding hydrogens is 472 g/mol. The highest BCUT2D eigenvalue weighted by molar-refractivity contribution is 7.13. The summed E-state index contributed by atoms with van der Waals surface area (Å²) in [5.74, 6) is -2.22. The highest BCUT2D eigenvalue weighted by Gasteiger charge is 2.38. The van der Waals surface area contributed by atoms with Crippen LogP contribution in [0.3, 0.4) is 0 Å². The molecule has 0 aliphatic carbocycles. The third-order valence-corrected chi connectivity index (χ3v) is 10.9. The Bertz CT molecular complexity index is 1050. The molecule has 0 aliphatic rings. The minimum atomic E-state index is -2.18. The summed E-state index contributed by atoms with van der Waals surface area (Å²) in [5.41, 5.74) is 0.515. The number of nitrogens with zero attached hydrogens (tertiary/aromatic N) is 1. The number of thiazole rings is 1. The summed E-state index contributed by atoms with van der Waals surface area (Å²) in [6, 6.07) is 5.61. The zero-order valence-corrected chi connectivity index (χ0v) is 22.8. The number of carbonyl (C=O) groups is 3. The predicted molar refractivity (Wildman–Crippen MR) is 135 cm³/mol. The van der Waals surface area contributed by atoms with Gasteiger partial charge in [0.1, 0.15) is 22.3 Å². The molecule has 0 aliphatic heterocycles. The molecule has 2 N–H and O–H groups in total. The lowest BCUT2D eigenvalue weighted by molar-refractivity contribution is -0.140. The lowest BCUT2D eigenvalue weighted by atomic mass is 10.1. The quantitative estimate of drug-likeness (QED) is 0.384. The van der Waals surface area contributed by atoms with E-state index in [4.69, 9.17) is 9.16 Å². The van der Waals surface area contributed by atoms with E-state index in [1.165, 1.54) is 11.3 Å². The topological polar surface area (TPSA) is 115 Å². The average molecular weight is 507 g/mol. The van der Waals surface area contributed by atoms with Gasteiger partial charge in [0, 0.05) is 10.9 Å². The molecule has 1 heterocycles. The summed E-state index contributed by atoms with van der Waals surface area (Å²) in [6.07, 6.45) is 0. The molecule has 8 nitrogen and oxygen atoms in total. The maximum atomic E-state index is 12.7. The Hall–Kier alpha value is -2.56. The first-order valence-corrected chi connectivity index (χ1v) is 14.8. The zero-order valence-electron chi connectivity index (χ0n) is 21.0. The third kappa shape index (κ3) is 7.47. The van der Waals surface area contributed by atoms with E-state index < -0.39 is 37.8 Å². The van der Waals surface area contributed by atoms with E-state index in [2.05, 4.69) is 31.1 Å². The fourth-order valence-electron chi connectivity index (χ4n) is 2.54. The van der Waals surface area contributed by atoms with Crippen LogP contribution in [0.25, 0.3) is 10.6 Å². The van der Waals surface area contributed by atoms with E-state index in [0.717, 1.165) is 0 Å². The standard InChI is InChI=1S/C24H34N2O6SSi/c1-23(2,3)32-22(30)16-11-9-10-15(12-16)20-26-18(14-33-20)19(27)25-17(21(28)29)13-31-34(7,8)24(4,5)6/h9-12,14,17H,13H2,1-8H3,(H,25,27)(H,28,29). The Kier molecular flexibility index (Phi) is 8.44. The molecule has 0 bridgehead atoms. The molecule has 186 valence electrons. The molecule has 1 unspecified atom stereocenters. The number of carboxylic acids is 1. The van der Waals surface area contributed by atoms with Crippen LogP contribution in [0.2, 0.25) is 18.1 Å². The second-order valence-electron chi connectivity index (χ2n) is 10.6. The van der Waals surface area contributed by atoms with Crippen LogP contribution in [-0.4, -0.2) is 54.5 Å². The summed E-state index contributed by atoms with van der Waals surface area (Å²) in [6.45, 7) is 15.5. The molecule has 0 saturated heterocycles. The van der Waals surface area contributed by atoms with E-state index >= 15 is 0 Å². The number of aromatic nitrogens is 1. The zero-order chi connectivity index (χ0) is 25.9. The maximum Gasteiger partial charge on any atom is 0.338 e. The van der Waals surface area contributed by atoms with Crippen LogP contribution in [0.1, 0.15) is 62.4 Å². The van der Waals surface area contributed by atoms with Gasteiger partial charge in [0.05, 0.1) is 12.2 Å². The van der Waals surface area contributed by atoms with Crippen molar-refractivity contribution in [1.82, 2.24) is 10.3 Å². The number of benzene rings is 1. The molecule has 10 heteroatoms. The number of rotatable bonds is 8. The fourth-order valence-corrected chi connectivity index (χ4v) is 4.36. The second kappa shape index (κ2) is 10.4. The molecule has 1 aromatic carbocycles. The van der Waals surface area contributed by atoms with Gasteiger partial charge in [0.15, 0.2) is 8.32 Å². The number of nitrogens with one attached hydrogen (secondary N) is 1. The number of ether oxygens (including phenoxy) is 1. The van der Waals surface area contributed by atoms with Crippen LogP contribution < -0.4 is 5.32 Å². The monoisotopic (exact) mass is 506 g/mol. The van der Waals surface area contributed by atoms with Crippen molar-refractivity contribution < 1.29 is 28.7 Å². The third-order valence-electron chi connectivity index (χ3n) is 5.50. The molecule has 34 heavy (non-hydrogen) atoms. The van der Waals surface area contributed by atoms with Crippen molar-refractivity contribution >= 4 is 37.5 Å². The Morgan fingerprint density at radius 1 is 1.15 bits per heavy atom. The molecule has 1 aromatic heterocycles. The van der Waals surface area contributed by atoms with Gasteiger partial charge in [-0.15, -0.1) is 11.3 Å². The normalized spacial score (nSPS) is 13.3. The van der Waals surface area contributed by atoms with Gasteiger partial charge >= 0.3 is 11.9 Å².